The van der Waals surface area contributed by atoms with E-state index in [2.05, 4.69) is 4.98 Å². The molecule has 15 heavy (non-hydrogen) atoms. The lowest BCUT2D eigenvalue weighted by Crippen LogP contribution is -2.12. The van der Waals surface area contributed by atoms with Gasteiger partial charge in [0, 0.05) is 18.3 Å². The van der Waals surface area contributed by atoms with Crippen molar-refractivity contribution < 1.29 is 18.7 Å². The molecule has 1 aromatic heterocycles. The van der Waals surface area contributed by atoms with Gasteiger partial charge >= 0.3 is 5.97 Å². The summed E-state index contributed by atoms with van der Waals surface area (Å²) in [5.74, 6) is -1.18. The molecular weight excluding hydrogens is 206 g/mol. The standard InChI is InChI=1S/C9H10F2N2O2/c10-9(11)5-1-2-13-7(4-12)6(5)3-8(14)15/h1-2,9H,3-4,12H2,(H,14,15). The van der Waals surface area contributed by atoms with Crippen molar-refractivity contribution in [2.45, 2.75) is 19.4 Å². The van der Waals surface area contributed by atoms with Gasteiger partial charge in [0.1, 0.15) is 0 Å². The van der Waals surface area contributed by atoms with Crippen molar-refractivity contribution in [2.24, 2.45) is 5.73 Å². The SMILES string of the molecule is NCc1nccc(C(F)F)c1CC(=O)O. The molecule has 4 nitrogen and oxygen atoms in total. The van der Waals surface area contributed by atoms with Crippen LogP contribution >= 0.6 is 0 Å². The van der Waals surface area contributed by atoms with Crippen molar-refractivity contribution in [3.63, 3.8) is 0 Å². The lowest BCUT2D eigenvalue weighted by molar-refractivity contribution is -0.136. The molecule has 0 amide bonds. The summed E-state index contributed by atoms with van der Waals surface area (Å²) in [5.41, 5.74) is 5.20. The number of rotatable bonds is 4. The molecule has 0 saturated heterocycles. The fourth-order valence-corrected chi connectivity index (χ4v) is 1.29. The van der Waals surface area contributed by atoms with Crippen molar-refractivity contribution in [2.75, 3.05) is 0 Å². The van der Waals surface area contributed by atoms with Gasteiger partial charge in [-0.15, -0.1) is 0 Å². The van der Waals surface area contributed by atoms with Gasteiger partial charge in [-0.05, 0) is 11.6 Å². The van der Waals surface area contributed by atoms with Crippen LogP contribution in [0.5, 0.6) is 0 Å². The summed E-state index contributed by atoms with van der Waals surface area (Å²) in [5, 5.41) is 8.58. The number of aliphatic carboxylic acids is 1. The molecule has 1 rings (SSSR count). The van der Waals surface area contributed by atoms with Crippen LogP contribution in [0.25, 0.3) is 0 Å². The third kappa shape index (κ3) is 2.69. The molecule has 0 bridgehead atoms. The summed E-state index contributed by atoms with van der Waals surface area (Å²) >= 11 is 0. The van der Waals surface area contributed by atoms with Crippen LogP contribution < -0.4 is 5.73 Å². The molecule has 0 spiro atoms. The molecule has 0 aromatic carbocycles. The summed E-state index contributed by atoms with van der Waals surface area (Å²) in [7, 11) is 0. The molecule has 0 saturated carbocycles. The van der Waals surface area contributed by atoms with Gasteiger partial charge in [0.2, 0.25) is 0 Å². The number of carboxylic acids is 1. The van der Waals surface area contributed by atoms with Crippen molar-refractivity contribution in [3.8, 4) is 0 Å². The van der Waals surface area contributed by atoms with Gasteiger partial charge in [-0.3, -0.25) is 9.78 Å². The van der Waals surface area contributed by atoms with Gasteiger partial charge in [0.15, 0.2) is 0 Å². The Bertz CT molecular complexity index is 369. The van der Waals surface area contributed by atoms with Crippen LogP contribution in [-0.2, 0) is 17.8 Å². The first kappa shape index (κ1) is 11.5. The maximum absolute atomic E-state index is 12.5. The first-order chi connectivity index (χ1) is 7.06. The van der Waals surface area contributed by atoms with Gasteiger partial charge in [0.05, 0.1) is 12.1 Å². The van der Waals surface area contributed by atoms with Gasteiger partial charge in [-0.25, -0.2) is 8.78 Å². The summed E-state index contributed by atoms with van der Waals surface area (Å²) in [6.45, 7) is -0.0524. The maximum Gasteiger partial charge on any atom is 0.307 e. The Balaban J connectivity index is 3.20. The molecular formula is C9H10F2N2O2. The third-order valence-electron chi connectivity index (χ3n) is 1.94. The largest absolute Gasteiger partial charge is 0.481 e. The van der Waals surface area contributed by atoms with E-state index in [4.69, 9.17) is 10.8 Å². The van der Waals surface area contributed by atoms with E-state index in [-0.39, 0.29) is 23.4 Å². The lowest BCUT2D eigenvalue weighted by atomic mass is 10.0. The highest BCUT2D eigenvalue weighted by Gasteiger charge is 2.18. The summed E-state index contributed by atoms with van der Waals surface area (Å²) in [6.07, 6.45) is -2.00. The predicted octanol–water partition coefficient (Wildman–Crippen LogP) is 1.10. The van der Waals surface area contributed by atoms with Gasteiger partial charge in [-0.1, -0.05) is 0 Å². The van der Waals surface area contributed by atoms with Crippen LogP contribution in [0, 0.1) is 0 Å². The van der Waals surface area contributed by atoms with Crippen LogP contribution in [0.3, 0.4) is 0 Å². The minimum absolute atomic E-state index is 0.0162. The Kier molecular flexibility index (Phi) is 3.68. The molecule has 0 atom stereocenters. The zero-order chi connectivity index (χ0) is 11.4. The second-order valence-corrected chi connectivity index (χ2v) is 2.90. The molecule has 0 aliphatic carbocycles. The highest BCUT2D eigenvalue weighted by atomic mass is 19.3. The molecule has 3 N–H and O–H groups in total. The van der Waals surface area contributed by atoms with Crippen LogP contribution in [0.2, 0.25) is 0 Å². The Hall–Kier alpha value is -1.56. The summed E-state index contributed by atoms with van der Waals surface area (Å²) < 4.78 is 25.1. The van der Waals surface area contributed by atoms with Crippen molar-refractivity contribution in [1.29, 1.82) is 0 Å². The number of halogens is 2. The minimum atomic E-state index is -2.72. The van der Waals surface area contributed by atoms with Crippen molar-refractivity contribution >= 4 is 5.97 Å². The lowest BCUT2D eigenvalue weighted by Gasteiger charge is -2.10. The predicted molar refractivity (Wildman–Crippen MR) is 48.4 cm³/mol. The number of hydrogen-bond acceptors (Lipinski definition) is 3. The molecule has 1 aromatic rings. The fraction of sp³-hybridized carbons (Fsp3) is 0.333. The second kappa shape index (κ2) is 4.79. The van der Waals surface area contributed by atoms with Crippen LogP contribution in [-0.4, -0.2) is 16.1 Å². The third-order valence-corrected chi connectivity index (χ3v) is 1.94. The number of pyridine rings is 1. The maximum atomic E-state index is 12.5. The first-order valence-electron chi connectivity index (χ1n) is 4.23. The zero-order valence-electron chi connectivity index (χ0n) is 7.78. The number of aromatic nitrogens is 1. The Morgan fingerprint density at radius 2 is 2.27 bits per heavy atom. The number of alkyl halides is 2. The normalized spacial score (nSPS) is 10.7. The van der Waals surface area contributed by atoms with E-state index in [0.717, 1.165) is 6.07 Å². The molecule has 0 aliphatic rings. The first-order valence-corrected chi connectivity index (χ1v) is 4.23. The monoisotopic (exact) mass is 216 g/mol. The number of carboxylic acid groups (broad SMARTS) is 1. The fourth-order valence-electron chi connectivity index (χ4n) is 1.29. The Labute approximate surface area is 84.7 Å². The van der Waals surface area contributed by atoms with E-state index in [0.29, 0.717) is 0 Å². The number of hydrogen-bond donors (Lipinski definition) is 2. The number of carbonyl (C=O) groups is 1. The highest BCUT2D eigenvalue weighted by molar-refractivity contribution is 5.71. The number of nitrogens with two attached hydrogens (primary N) is 1. The van der Waals surface area contributed by atoms with E-state index in [1.54, 1.807) is 0 Å². The smallest absolute Gasteiger partial charge is 0.307 e. The van der Waals surface area contributed by atoms with E-state index in [9.17, 15) is 13.6 Å². The molecule has 0 radical (unpaired) electrons. The van der Waals surface area contributed by atoms with Crippen molar-refractivity contribution in [3.05, 3.63) is 29.1 Å². The minimum Gasteiger partial charge on any atom is -0.481 e. The molecule has 0 aliphatic heterocycles. The Morgan fingerprint density at radius 3 is 2.73 bits per heavy atom. The van der Waals surface area contributed by atoms with Crippen LogP contribution in [0.1, 0.15) is 23.2 Å². The summed E-state index contributed by atoms with van der Waals surface area (Å²) in [6, 6.07) is 1.11. The average Bonchev–Trinajstić information content (AvgIpc) is 2.16. The average molecular weight is 216 g/mol. The van der Waals surface area contributed by atoms with Crippen LogP contribution in [0.15, 0.2) is 12.3 Å². The molecule has 0 fully saturated rings. The molecule has 82 valence electrons. The highest BCUT2D eigenvalue weighted by Crippen LogP contribution is 2.24. The quantitative estimate of drug-likeness (QED) is 0.790. The Morgan fingerprint density at radius 1 is 1.60 bits per heavy atom. The number of nitrogens with zero attached hydrogens (tertiary/aromatic N) is 1. The van der Waals surface area contributed by atoms with E-state index in [1.165, 1.54) is 6.20 Å². The molecule has 1 heterocycles. The van der Waals surface area contributed by atoms with Crippen LogP contribution in [0.4, 0.5) is 8.78 Å². The molecule has 0 unspecified atom stereocenters. The van der Waals surface area contributed by atoms with Crippen molar-refractivity contribution in [1.82, 2.24) is 4.98 Å². The van der Waals surface area contributed by atoms with Gasteiger partial charge in [-0.2, -0.15) is 0 Å². The summed E-state index contributed by atoms with van der Waals surface area (Å²) in [4.78, 5) is 14.3. The second-order valence-electron chi connectivity index (χ2n) is 2.90. The van der Waals surface area contributed by atoms with Gasteiger partial charge < -0.3 is 10.8 Å². The topological polar surface area (TPSA) is 76.2 Å². The van der Waals surface area contributed by atoms with Gasteiger partial charge in [0.25, 0.3) is 6.43 Å². The van der Waals surface area contributed by atoms with E-state index >= 15 is 0 Å². The van der Waals surface area contributed by atoms with E-state index in [1.807, 2.05) is 0 Å². The zero-order valence-corrected chi connectivity index (χ0v) is 7.78. The van der Waals surface area contributed by atoms with E-state index < -0.39 is 18.8 Å². The molecule has 6 heteroatoms.